The summed E-state index contributed by atoms with van der Waals surface area (Å²) in [5.41, 5.74) is 3.19. The molecule has 0 aliphatic carbocycles. The fourth-order valence-electron chi connectivity index (χ4n) is 3.62. The zero-order valence-electron chi connectivity index (χ0n) is 15.9. The van der Waals surface area contributed by atoms with Gasteiger partial charge >= 0.3 is 0 Å². The minimum absolute atomic E-state index is 0.0271. The van der Waals surface area contributed by atoms with Crippen LogP contribution in [0.2, 0.25) is 0 Å². The predicted octanol–water partition coefficient (Wildman–Crippen LogP) is 3.08. The van der Waals surface area contributed by atoms with Gasteiger partial charge in [-0.1, -0.05) is 12.1 Å². The number of carbonyl (C=O) groups is 1. The highest BCUT2D eigenvalue weighted by Crippen LogP contribution is 2.38. The van der Waals surface area contributed by atoms with E-state index in [1.54, 1.807) is 26.4 Å². The smallest absolute Gasteiger partial charge is 0.216 e. The third kappa shape index (κ3) is 4.39. The van der Waals surface area contributed by atoms with Crippen LogP contribution < -0.4 is 14.8 Å². The number of hydrogen-bond acceptors (Lipinski definition) is 4. The lowest BCUT2D eigenvalue weighted by Crippen LogP contribution is -2.41. The van der Waals surface area contributed by atoms with Crippen LogP contribution in [0.5, 0.6) is 11.5 Å². The van der Waals surface area contributed by atoms with Crippen LogP contribution in [-0.4, -0.2) is 38.1 Å². The zero-order chi connectivity index (χ0) is 19.4. The molecule has 2 aromatic rings. The van der Waals surface area contributed by atoms with Crippen molar-refractivity contribution in [3.8, 4) is 11.5 Å². The molecular formula is C21H25FN2O3. The second-order valence-corrected chi connectivity index (χ2v) is 6.71. The Hall–Kier alpha value is -2.60. The van der Waals surface area contributed by atoms with Gasteiger partial charge in [-0.15, -0.1) is 0 Å². The molecule has 0 unspecified atom stereocenters. The van der Waals surface area contributed by atoms with E-state index in [0.717, 1.165) is 24.1 Å². The first-order valence-electron chi connectivity index (χ1n) is 8.99. The maximum Gasteiger partial charge on any atom is 0.216 e. The highest BCUT2D eigenvalue weighted by molar-refractivity contribution is 5.72. The van der Waals surface area contributed by atoms with E-state index < -0.39 is 0 Å². The lowest BCUT2D eigenvalue weighted by atomic mass is 9.91. The van der Waals surface area contributed by atoms with Crippen molar-refractivity contribution in [2.45, 2.75) is 25.9 Å². The Morgan fingerprint density at radius 1 is 1.22 bits per heavy atom. The molecule has 27 heavy (non-hydrogen) atoms. The summed E-state index contributed by atoms with van der Waals surface area (Å²) in [7, 11) is 3.23. The van der Waals surface area contributed by atoms with Gasteiger partial charge in [-0.25, -0.2) is 4.39 Å². The molecule has 0 spiro atoms. The summed E-state index contributed by atoms with van der Waals surface area (Å²) in [4.78, 5) is 13.8. The Morgan fingerprint density at radius 2 is 1.96 bits per heavy atom. The lowest BCUT2D eigenvalue weighted by Gasteiger charge is -2.38. The minimum atomic E-state index is -0.241. The molecule has 1 atom stereocenters. The quantitative estimate of drug-likeness (QED) is 0.847. The van der Waals surface area contributed by atoms with Gasteiger partial charge in [0.15, 0.2) is 11.5 Å². The van der Waals surface area contributed by atoms with E-state index in [2.05, 4.69) is 10.2 Å². The third-order valence-corrected chi connectivity index (χ3v) is 4.93. The molecule has 1 aliphatic heterocycles. The summed E-state index contributed by atoms with van der Waals surface area (Å²) >= 11 is 0. The molecule has 5 nitrogen and oxygen atoms in total. The molecule has 0 radical (unpaired) electrons. The van der Waals surface area contributed by atoms with Crippen molar-refractivity contribution in [3.63, 3.8) is 0 Å². The summed E-state index contributed by atoms with van der Waals surface area (Å²) in [6.07, 6.45) is 0.849. The number of nitrogens with one attached hydrogen (secondary N) is 1. The molecule has 2 aromatic carbocycles. The van der Waals surface area contributed by atoms with Crippen LogP contribution in [0, 0.1) is 5.82 Å². The number of nitrogens with zero attached hydrogens (tertiary/aromatic N) is 1. The van der Waals surface area contributed by atoms with Crippen molar-refractivity contribution in [2.24, 2.45) is 0 Å². The van der Waals surface area contributed by atoms with E-state index in [0.29, 0.717) is 24.6 Å². The van der Waals surface area contributed by atoms with Crippen molar-refractivity contribution in [2.75, 3.05) is 27.3 Å². The Labute approximate surface area is 159 Å². The van der Waals surface area contributed by atoms with E-state index in [1.165, 1.54) is 18.6 Å². The molecule has 0 bridgehead atoms. The van der Waals surface area contributed by atoms with Crippen LogP contribution in [0.1, 0.15) is 29.7 Å². The number of methoxy groups -OCH3 is 2. The Balaban J connectivity index is 1.94. The van der Waals surface area contributed by atoms with Gasteiger partial charge < -0.3 is 14.8 Å². The highest BCUT2D eigenvalue weighted by atomic mass is 19.1. The van der Waals surface area contributed by atoms with Gasteiger partial charge in [0.2, 0.25) is 5.91 Å². The van der Waals surface area contributed by atoms with Crippen LogP contribution in [0.15, 0.2) is 36.4 Å². The number of benzene rings is 2. The molecule has 1 amide bonds. The molecule has 0 aromatic heterocycles. The Kier molecular flexibility index (Phi) is 5.96. The van der Waals surface area contributed by atoms with E-state index in [9.17, 15) is 9.18 Å². The van der Waals surface area contributed by atoms with Crippen LogP contribution in [0.25, 0.3) is 0 Å². The van der Waals surface area contributed by atoms with Crippen LogP contribution >= 0.6 is 0 Å². The fraction of sp³-hybridized carbons (Fsp3) is 0.381. The number of carbonyl (C=O) groups excluding carboxylic acids is 1. The first-order chi connectivity index (χ1) is 13.0. The number of halogens is 1. The molecular weight excluding hydrogens is 347 g/mol. The van der Waals surface area contributed by atoms with E-state index >= 15 is 0 Å². The monoisotopic (exact) mass is 372 g/mol. The van der Waals surface area contributed by atoms with Gasteiger partial charge in [0.25, 0.3) is 0 Å². The fourth-order valence-corrected chi connectivity index (χ4v) is 3.62. The summed E-state index contributed by atoms with van der Waals surface area (Å²) in [5.74, 6) is 1.05. The maximum atomic E-state index is 13.6. The first-order valence-corrected chi connectivity index (χ1v) is 8.99. The van der Waals surface area contributed by atoms with Crippen molar-refractivity contribution in [1.29, 1.82) is 0 Å². The molecule has 0 saturated carbocycles. The molecule has 0 saturated heterocycles. The summed E-state index contributed by atoms with van der Waals surface area (Å²) in [6, 6.07) is 10.6. The average Bonchev–Trinajstić information content (AvgIpc) is 2.65. The number of amides is 1. The van der Waals surface area contributed by atoms with Gasteiger partial charge in [0.1, 0.15) is 5.82 Å². The number of rotatable bonds is 6. The number of ether oxygens (including phenoxy) is 2. The van der Waals surface area contributed by atoms with E-state index in [-0.39, 0.29) is 17.8 Å². The van der Waals surface area contributed by atoms with Crippen LogP contribution in [-0.2, 0) is 17.8 Å². The minimum Gasteiger partial charge on any atom is -0.493 e. The van der Waals surface area contributed by atoms with E-state index in [4.69, 9.17) is 9.47 Å². The molecule has 6 heteroatoms. The van der Waals surface area contributed by atoms with Crippen molar-refractivity contribution < 1.29 is 18.7 Å². The number of hydrogen-bond donors (Lipinski definition) is 1. The molecule has 1 aliphatic rings. The molecule has 3 rings (SSSR count). The first kappa shape index (κ1) is 19.2. The highest BCUT2D eigenvalue weighted by Gasteiger charge is 2.29. The van der Waals surface area contributed by atoms with E-state index in [1.807, 2.05) is 18.2 Å². The molecule has 1 N–H and O–H groups in total. The second kappa shape index (κ2) is 8.39. The van der Waals surface area contributed by atoms with Gasteiger partial charge in [-0.2, -0.15) is 0 Å². The lowest BCUT2D eigenvalue weighted by molar-refractivity contribution is -0.119. The second-order valence-electron chi connectivity index (χ2n) is 6.71. The van der Waals surface area contributed by atoms with Crippen LogP contribution in [0.4, 0.5) is 4.39 Å². The average molecular weight is 372 g/mol. The van der Waals surface area contributed by atoms with Gasteiger partial charge in [-0.3, -0.25) is 9.69 Å². The van der Waals surface area contributed by atoms with Gasteiger partial charge in [0.05, 0.1) is 20.3 Å². The Bertz CT molecular complexity index is 825. The van der Waals surface area contributed by atoms with Crippen LogP contribution in [0.3, 0.4) is 0 Å². The number of fused-ring (bicyclic) bond motifs is 1. The molecule has 1 heterocycles. The topological polar surface area (TPSA) is 50.8 Å². The van der Waals surface area contributed by atoms with Crippen molar-refractivity contribution in [3.05, 3.63) is 58.9 Å². The summed E-state index contributed by atoms with van der Waals surface area (Å²) in [6.45, 7) is 3.40. The third-order valence-electron chi connectivity index (χ3n) is 4.93. The van der Waals surface area contributed by atoms with Gasteiger partial charge in [0, 0.05) is 26.6 Å². The summed E-state index contributed by atoms with van der Waals surface area (Å²) < 4.78 is 24.5. The zero-order valence-corrected chi connectivity index (χ0v) is 15.9. The Morgan fingerprint density at radius 3 is 2.63 bits per heavy atom. The molecule has 144 valence electrons. The molecule has 0 fully saturated rings. The summed E-state index contributed by atoms with van der Waals surface area (Å²) in [5, 5.41) is 2.92. The normalized spacial score (nSPS) is 16.5. The maximum absolute atomic E-state index is 13.6. The van der Waals surface area contributed by atoms with Crippen molar-refractivity contribution in [1.82, 2.24) is 10.2 Å². The van der Waals surface area contributed by atoms with Crippen molar-refractivity contribution >= 4 is 5.91 Å². The standard InChI is InChI=1S/C21H25FN2O3/c1-14(25)23-12-19-18-11-21(27-3)20(26-2)10-16(18)7-8-24(19)13-15-5-4-6-17(22)9-15/h4-6,9-11,19H,7-8,12-13H2,1-3H3,(H,23,25)/t19-/m0/s1. The SMILES string of the molecule is COc1cc2c(cc1OC)[C@H](CNC(C)=O)N(Cc1cccc(F)c1)CC2. The largest absolute Gasteiger partial charge is 0.493 e. The van der Waals surface area contributed by atoms with Gasteiger partial charge in [-0.05, 0) is 47.4 Å². The predicted molar refractivity (Wildman–Crippen MR) is 101 cm³/mol.